The molecule has 0 aromatic carbocycles. The van der Waals surface area contributed by atoms with E-state index in [1.807, 2.05) is 31.5 Å². The minimum absolute atomic E-state index is 0.110. The summed E-state index contributed by atoms with van der Waals surface area (Å²) in [5, 5.41) is 17.2. The first kappa shape index (κ1) is 18.5. The van der Waals surface area contributed by atoms with E-state index in [0.717, 1.165) is 30.6 Å². The maximum Gasteiger partial charge on any atom is 0.348 e. The van der Waals surface area contributed by atoms with Gasteiger partial charge in [-0.3, -0.25) is 0 Å². The molecule has 2 aromatic heterocycles. The van der Waals surface area contributed by atoms with Crippen LogP contribution in [0, 0.1) is 17.3 Å². The topological polar surface area (TPSA) is 80.0 Å². The lowest BCUT2D eigenvalue weighted by atomic mass is 9.91. The van der Waals surface area contributed by atoms with E-state index in [4.69, 9.17) is 0 Å². The lowest BCUT2D eigenvalue weighted by Crippen LogP contribution is -2.28. The third-order valence-electron chi connectivity index (χ3n) is 4.35. The molecule has 26 heavy (non-hydrogen) atoms. The first-order valence-corrected chi connectivity index (χ1v) is 9.64. The summed E-state index contributed by atoms with van der Waals surface area (Å²) in [5.74, 6) is 5.37. The van der Waals surface area contributed by atoms with Gasteiger partial charge >= 0.3 is 5.97 Å². The van der Waals surface area contributed by atoms with Crippen molar-refractivity contribution in [3.05, 3.63) is 28.5 Å². The van der Waals surface area contributed by atoms with Gasteiger partial charge in [0.1, 0.15) is 17.5 Å². The summed E-state index contributed by atoms with van der Waals surface area (Å²) in [4.78, 5) is 16.7. The molecule has 2 heterocycles. The number of thiophene rings is 1. The number of aromatic carboxylic acids is 1. The molecule has 1 fully saturated rings. The minimum Gasteiger partial charge on any atom is -0.477 e. The van der Waals surface area contributed by atoms with Crippen LogP contribution in [0.1, 0.15) is 67.0 Å². The van der Waals surface area contributed by atoms with Gasteiger partial charge < -0.3 is 10.4 Å². The van der Waals surface area contributed by atoms with Gasteiger partial charge in [-0.1, -0.05) is 11.8 Å². The number of anilines is 1. The molecule has 1 aliphatic carbocycles. The molecule has 2 aromatic rings. The maximum atomic E-state index is 11.6. The van der Waals surface area contributed by atoms with Crippen LogP contribution in [0.3, 0.4) is 0 Å². The smallest absolute Gasteiger partial charge is 0.348 e. The molecule has 0 aliphatic heterocycles. The molecule has 1 aliphatic rings. The van der Waals surface area contributed by atoms with Crippen molar-refractivity contribution in [2.45, 2.75) is 58.5 Å². The first-order chi connectivity index (χ1) is 12.3. The molecule has 138 valence electrons. The minimum atomic E-state index is -0.905. The number of carbonyl (C=O) groups is 1. The summed E-state index contributed by atoms with van der Waals surface area (Å²) >= 11 is 1.24. The molecule has 0 amide bonds. The fourth-order valence-electron chi connectivity index (χ4n) is 3.08. The van der Waals surface area contributed by atoms with E-state index in [1.165, 1.54) is 11.3 Å². The monoisotopic (exact) mass is 372 g/mol. The Morgan fingerprint density at radius 2 is 2.08 bits per heavy atom. The van der Waals surface area contributed by atoms with Crippen molar-refractivity contribution in [3.63, 3.8) is 0 Å². The number of aromatic nitrogens is 3. The van der Waals surface area contributed by atoms with Crippen LogP contribution in [0.2, 0.25) is 0 Å². The summed E-state index contributed by atoms with van der Waals surface area (Å²) < 4.78 is 1.92. The van der Waals surface area contributed by atoms with Crippen molar-refractivity contribution < 1.29 is 9.90 Å². The van der Waals surface area contributed by atoms with Crippen LogP contribution >= 0.6 is 11.3 Å². The highest BCUT2D eigenvalue weighted by atomic mass is 32.1. The summed E-state index contributed by atoms with van der Waals surface area (Å²) in [7, 11) is 0. The van der Waals surface area contributed by atoms with Gasteiger partial charge in [0.15, 0.2) is 0 Å². The van der Waals surface area contributed by atoms with Gasteiger partial charge in [0.05, 0.1) is 16.6 Å². The van der Waals surface area contributed by atoms with Crippen LogP contribution in [0.4, 0.5) is 5.69 Å². The van der Waals surface area contributed by atoms with Gasteiger partial charge in [0, 0.05) is 11.5 Å². The Balaban J connectivity index is 1.68. The fourth-order valence-corrected chi connectivity index (χ4v) is 3.89. The van der Waals surface area contributed by atoms with Gasteiger partial charge in [-0.05, 0) is 52.5 Å². The van der Waals surface area contributed by atoms with Gasteiger partial charge in [-0.15, -0.1) is 11.3 Å². The Kier molecular flexibility index (Phi) is 5.33. The van der Waals surface area contributed by atoms with E-state index < -0.39 is 5.97 Å². The van der Waals surface area contributed by atoms with E-state index in [-0.39, 0.29) is 11.5 Å². The molecule has 2 N–H and O–H groups in total. The summed E-state index contributed by atoms with van der Waals surface area (Å²) in [6.45, 7) is 6.12. The van der Waals surface area contributed by atoms with E-state index >= 15 is 0 Å². The number of carboxylic acid groups (broad SMARTS) is 1. The second-order valence-corrected chi connectivity index (χ2v) is 8.74. The van der Waals surface area contributed by atoms with E-state index in [2.05, 4.69) is 27.2 Å². The molecule has 0 bridgehead atoms. The lowest BCUT2D eigenvalue weighted by molar-refractivity contribution is 0.0703. The number of nitrogens with zero attached hydrogens (tertiary/aromatic N) is 3. The summed E-state index contributed by atoms with van der Waals surface area (Å²) in [6, 6.07) is 2.52. The number of nitrogens with one attached hydrogen (secondary N) is 1. The van der Waals surface area contributed by atoms with Crippen molar-refractivity contribution in [2.24, 2.45) is 5.41 Å². The Bertz CT molecular complexity index is 816. The zero-order valence-electron chi connectivity index (χ0n) is 15.3. The predicted octanol–water partition coefficient (Wildman–Crippen LogP) is 4.03. The van der Waals surface area contributed by atoms with Crippen molar-refractivity contribution in [1.82, 2.24) is 14.8 Å². The molecule has 7 heteroatoms. The van der Waals surface area contributed by atoms with E-state index in [9.17, 15) is 9.90 Å². The quantitative estimate of drug-likeness (QED) is 0.792. The van der Waals surface area contributed by atoms with Gasteiger partial charge in [-0.25, -0.2) is 14.5 Å². The molecular formula is C19H24N4O2S. The van der Waals surface area contributed by atoms with Crippen molar-refractivity contribution in [3.8, 4) is 11.8 Å². The largest absolute Gasteiger partial charge is 0.477 e. The average molecular weight is 372 g/mol. The van der Waals surface area contributed by atoms with Crippen LogP contribution in [0.15, 0.2) is 18.7 Å². The molecule has 0 spiro atoms. The second kappa shape index (κ2) is 7.50. The predicted molar refractivity (Wildman–Crippen MR) is 103 cm³/mol. The van der Waals surface area contributed by atoms with Crippen molar-refractivity contribution >= 4 is 23.0 Å². The standard InChI is InChI=1S/C19H24N4O2S/c1-19(2,3)9-8-15-10-16(17(26-15)18(24)25)22-13-4-6-14(7-5-13)23-12-20-11-21-23/h10-14,22H,4-7H2,1-3H3,(H,24,25). The summed E-state index contributed by atoms with van der Waals surface area (Å²) in [6.07, 6.45) is 7.29. The zero-order valence-corrected chi connectivity index (χ0v) is 16.1. The Hall–Kier alpha value is -2.33. The van der Waals surface area contributed by atoms with Crippen LogP contribution in [-0.2, 0) is 0 Å². The van der Waals surface area contributed by atoms with E-state index in [1.54, 1.807) is 12.7 Å². The lowest BCUT2D eigenvalue weighted by Gasteiger charge is -2.29. The number of carboxylic acids is 1. The molecule has 0 radical (unpaired) electrons. The molecular weight excluding hydrogens is 348 g/mol. The number of hydrogen-bond donors (Lipinski definition) is 2. The summed E-state index contributed by atoms with van der Waals surface area (Å²) in [5.41, 5.74) is 0.575. The molecule has 0 saturated heterocycles. The Morgan fingerprint density at radius 1 is 1.35 bits per heavy atom. The third-order valence-corrected chi connectivity index (χ3v) is 5.39. The fraction of sp³-hybridized carbons (Fsp3) is 0.526. The van der Waals surface area contributed by atoms with Gasteiger partial charge in [-0.2, -0.15) is 5.10 Å². The highest BCUT2D eigenvalue weighted by Crippen LogP contribution is 2.33. The average Bonchev–Trinajstić information content (AvgIpc) is 3.23. The third kappa shape index (κ3) is 4.64. The number of hydrogen-bond acceptors (Lipinski definition) is 5. The Morgan fingerprint density at radius 3 is 2.65 bits per heavy atom. The zero-order chi connectivity index (χ0) is 18.7. The SMILES string of the molecule is CC(C)(C)C#Cc1cc(NC2CCC(n3cncn3)CC2)c(C(=O)O)s1. The van der Waals surface area contributed by atoms with Gasteiger partial charge in [0.25, 0.3) is 0 Å². The van der Waals surface area contributed by atoms with Crippen LogP contribution in [0.5, 0.6) is 0 Å². The molecule has 6 nitrogen and oxygen atoms in total. The van der Waals surface area contributed by atoms with Crippen LogP contribution < -0.4 is 5.32 Å². The molecule has 0 unspecified atom stereocenters. The first-order valence-electron chi connectivity index (χ1n) is 8.83. The van der Waals surface area contributed by atoms with Crippen molar-refractivity contribution in [1.29, 1.82) is 0 Å². The second-order valence-electron chi connectivity index (χ2n) is 7.68. The highest BCUT2D eigenvalue weighted by Gasteiger charge is 2.25. The Labute approximate surface area is 157 Å². The highest BCUT2D eigenvalue weighted by molar-refractivity contribution is 7.15. The number of rotatable bonds is 4. The van der Waals surface area contributed by atoms with Crippen LogP contribution in [0.25, 0.3) is 0 Å². The molecule has 1 saturated carbocycles. The maximum absolute atomic E-state index is 11.6. The normalized spacial score (nSPS) is 20.3. The van der Waals surface area contributed by atoms with Crippen molar-refractivity contribution in [2.75, 3.05) is 5.32 Å². The molecule has 3 rings (SSSR count). The van der Waals surface area contributed by atoms with E-state index in [0.29, 0.717) is 16.6 Å². The van der Waals surface area contributed by atoms with Gasteiger partial charge in [0.2, 0.25) is 0 Å². The van der Waals surface area contributed by atoms with Crippen LogP contribution in [-0.4, -0.2) is 31.9 Å². The molecule has 0 atom stereocenters.